The predicted octanol–water partition coefficient (Wildman–Crippen LogP) is 7.87. The van der Waals surface area contributed by atoms with Crippen LogP contribution < -0.4 is 9.62 Å². The first-order chi connectivity index (χ1) is 22.4. The summed E-state index contributed by atoms with van der Waals surface area (Å²) in [7, 11) is -4.20. The van der Waals surface area contributed by atoms with E-state index in [9.17, 15) is 18.0 Å². The summed E-state index contributed by atoms with van der Waals surface area (Å²) in [5.41, 5.74) is 2.64. The second-order valence-corrected chi connectivity index (χ2v) is 14.5. The third-order valence-corrected chi connectivity index (χ3v) is 10.6. The van der Waals surface area contributed by atoms with Crippen molar-refractivity contribution in [1.29, 1.82) is 0 Å². The van der Waals surface area contributed by atoms with Crippen LogP contribution in [0.4, 0.5) is 5.69 Å². The fourth-order valence-corrected chi connectivity index (χ4v) is 7.07. The van der Waals surface area contributed by atoms with E-state index in [1.165, 1.54) is 17.0 Å². The molecule has 0 aliphatic heterocycles. The smallest absolute Gasteiger partial charge is 0.264 e. The number of carbonyl (C=O) groups excluding carboxylic acids is 2. The third kappa shape index (κ3) is 9.15. The topological polar surface area (TPSA) is 86.8 Å². The Labute approximate surface area is 288 Å². The Balaban J connectivity index is 1.84. The quantitative estimate of drug-likeness (QED) is 0.146. The zero-order valence-electron chi connectivity index (χ0n) is 27.1. The van der Waals surface area contributed by atoms with Crippen molar-refractivity contribution in [3.05, 3.63) is 130 Å². The highest BCUT2D eigenvalue weighted by Gasteiger charge is 2.35. The fourth-order valence-electron chi connectivity index (χ4n) is 5.12. The fraction of sp³-hybridized carbons (Fsp3) is 0.297. The van der Waals surface area contributed by atoms with Gasteiger partial charge < -0.3 is 10.2 Å². The average molecular weight is 695 g/mol. The molecule has 0 saturated carbocycles. The van der Waals surface area contributed by atoms with E-state index in [4.69, 9.17) is 23.2 Å². The Bertz CT molecular complexity index is 1730. The molecule has 7 nitrogen and oxygen atoms in total. The number of hydrogen-bond acceptors (Lipinski definition) is 4. The van der Waals surface area contributed by atoms with Crippen LogP contribution in [-0.2, 0) is 32.6 Å². The van der Waals surface area contributed by atoms with Crippen LogP contribution in [0.1, 0.15) is 56.7 Å². The van der Waals surface area contributed by atoms with E-state index in [1.807, 2.05) is 70.2 Å². The van der Waals surface area contributed by atoms with Gasteiger partial charge in [0, 0.05) is 34.6 Å². The number of carbonyl (C=O) groups is 2. The summed E-state index contributed by atoms with van der Waals surface area (Å²) in [5, 5.41) is 3.68. The molecule has 248 valence electrons. The Kier molecular flexibility index (Phi) is 12.5. The number of rotatable bonds is 14. The highest BCUT2D eigenvalue weighted by molar-refractivity contribution is 7.92. The van der Waals surface area contributed by atoms with E-state index in [0.29, 0.717) is 27.7 Å². The Morgan fingerprint density at radius 1 is 0.787 bits per heavy atom. The van der Waals surface area contributed by atoms with E-state index >= 15 is 0 Å². The minimum absolute atomic E-state index is 0.0387. The van der Waals surface area contributed by atoms with Crippen LogP contribution in [0, 0.1) is 0 Å². The predicted molar refractivity (Wildman–Crippen MR) is 190 cm³/mol. The summed E-state index contributed by atoms with van der Waals surface area (Å²) < 4.78 is 29.5. The van der Waals surface area contributed by atoms with Gasteiger partial charge in [-0.15, -0.1) is 0 Å². The van der Waals surface area contributed by atoms with Crippen LogP contribution >= 0.6 is 23.2 Å². The number of sulfonamides is 1. The molecule has 0 heterocycles. The zero-order valence-corrected chi connectivity index (χ0v) is 29.4. The van der Waals surface area contributed by atoms with Crippen molar-refractivity contribution in [3.63, 3.8) is 0 Å². The molecule has 2 amide bonds. The van der Waals surface area contributed by atoms with Gasteiger partial charge in [-0.05, 0) is 66.8 Å². The second-order valence-electron chi connectivity index (χ2n) is 11.8. The summed E-state index contributed by atoms with van der Waals surface area (Å²) in [6.07, 6.45) is 0.870. The number of nitrogens with zero attached hydrogens (tertiary/aromatic N) is 2. The average Bonchev–Trinajstić information content (AvgIpc) is 3.07. The lowest BCUT2D eigenvalue weighted by Crippen LogP contribution is -2.54. The van der Waals surface area contributed by atoms with Crippen LogP contribution in [0.25, 0.3) is 0 Å². The molecule has 0 aromatic heterocycles. The maximum Gasteiger partial charge on any atom is 0.264 e. The highest BCUT2D eigenvalue weighted by Crippen LogP contribution is 2.30. The second kappa shape index (κ2) is 16.3. The minimum atomic E-state index is -4.20. The molecule has 0 spiro atoms. The Morgan fingerprint density at radius 3 is 1.91 bits per heavy atom. The van der Waals surface area contributed by atoms with Crippen molar-refractivity contribution < 1.29 is 18.0 Å². The first-order valence-corrected chi connectivity index (χ1v) is 17.9. The number of nitrogens with one attached hydrogen (secondary N) is 1. The molecule has 0 unspecified atom stereocenters. The number of benzene rings is 4. The molecule has 0 radical (unpaired) electrons. The lowest BCUT2D eigenvalue weighted by molar-refractivity contribution is -0.140. The van der Waals surface area contributed by atoms with Crippen molar-refractivity contribution in [1.82, 2.24) is 10.2 Å². The van der Waals surface area contributed by atoms with Crippen molar-refractivity contribution in [2.45, 2.75) is 70.0 Å². The summed E-state index contributed by atoms with van der Waals surface area (Å²) in [5.74, 6) is -0.726. The van der Waals surface area contributed by atoms with E-state index in [0.717, 1.165) is 15.4 Å². The van der Waals surface area contributed by atoms with Crippen molar-refractivity contribution in [3.8, 4) is 0 Å². The van der Waals surface area contributed by atoms with Crippen molar-refractivity contribution in [2.75, 3.05) is 10.8 Å². The lowest BCUT2D eigenvalue weighted by atomic mass is 10.0. The number of halogens is 2. The van der Waals surface area contributed by atoms with Gasteiger partial charge in [0.25, 0.3) is 10.0 Å². The van der Waals surface area contributed by atoms with Crippen molar-refractivity contribution in [2.24, 2.45) is 0 Å². The molecule has 10 heteroatoms. The van der Waals surface area contributed by atoms with E-state index < -0.39 is 28.5 Å². The molecule has 0 saturated heterocycles. The molecule has 4 rings (SSSR count). The van der Waals surface area contributed by atoms with Gasteiger partial charge in [0.15, 0.2) is 0 Å². The molecule has 0 aliphatic rings. The standard InChI is InChI=1S/C37H41Cl2N3O4S/c1-5-27(4)40-37(44)35(23-28-13-8-6-9-14-28)41(24-32-33(38)17-12-18-34(32)39)36(43)25-42(30-21-19-29(20-22-30)26(2)3)47(45,46)31-15-10-7-11-16-31/h6-22,26-27,35H,5,23-25H2,1-4H3,(H,40,44)/t27-,35-/m1/s1. The molecule has 0 bridgehead atoms. The highest BCUT2D eigenvalue weighted by atomic mass is 35.5. The van der Waals surface area contributed by atoms with Gasteiger partial charge in [-0.1, -0.05) is 111 Å². The van der Waals surface area contributed by atoms with Gasteiger partial charge in [0.2, 0.25) is 11.8 Å². The molecule has 2 atom stereocenters. The van der Waals surface area contributed by atoms with Crippen LogP contribution in [0.3, 0.4) is 0 Å². The van der Waals surface area contributed by atoms with Gasteiger partial charge in [-0.2, -0.15) is 0 Å². The van der Waals surface area contributed by atoms with Crippen molar-refractivity contribution >= 4 is 50.7 Å². The third-order valence-electron chi connectivity index (χ3n) is 8.12. The SMILES string of the molecule is CC[C@@H](C)NC(=O)[C@@H](Cc1ccccc1)N(Cc1c(Cl)cccc1Cl)C(=O)CN(c1ccc(C(C)C)cc1)S(=O)(=O)c1ccccc1. The molecule has 1 N–H and O–H groups in total. The molecule has 47 heavy (non-hydrogen) atoms. The van der Waals surface area contributed by atoms with Crippen LogP contribution in [0.15, 0.2) is 108 Å². The number of anilines is 1. The van der Waals surface area contributed by atoms with Crippen LogP contribution in [0.2, 0.25) is 10.0 Å². The maximum absolute atomic E-state index is 14.7. The van der Waals surface area contributed by atoms with Gasteiger partial charge in [0.1, 0.15) is 12.6 Å². The summed E-state index contributed by atoms with van der Waals surface area (Å²) in [4.78, 5) is 30.1. The first kappa shape index (κ1) is 36.0. The summed E-state index contributed by atoms with van der Waals surface area (Å²) in [6.45, 7) is 7.26. The molecule has 4 aromatic rings. The summed E-state index contributed by atoms with van der Waals surface area (Å²) in [6, 6.07) is 28.4. The number of amides is 2. The maximum atomic E-state index is 14.7. The van der Waals surface area contributed by atoms with Gasteiger partial charge in [-0.25, -0.2) is 8.42 Å². The number of hydrogen-bond donors (Lipinski definition) is 1. The van der Waals surface area contributed by atoms with Gasteiger partial charge in [0.05, 0.1) is 10.6 Å². The molecule has 0 fully saturated rings. The molecular weight excluding hydrogens is 653 g/mol. The molecule has 4 aromatic carbocycles. The van der Waals surface area contributed by atoms with Gasteiger partial charge in [-0.3, -0.25) is 13.9 Å². The largest absolute Gasteiger partial charge is 0.352 e. The summed E-state index contributed by atoms with van der Waals surface area (Å²) >= 11 is 13.2. The Hall–Kier alpha value is -3.85. The molecule has 0 aliphatic carbocycles. The zero-order chi connectivity index (χ0) is 34.1. The van der Waals surface area contributed by atoms with E-state index in [1.54, 1.807) is 48.5 Å². The minimum Gasteiger partial charge on any atom is -0.352 e. The van der Waals surface area contributed by atoms with E-state index in [-0.39, 0.29) is 35.7 Å². The van der Waals surface area contributed by atoms with Gasteiger partial charge >= 0.3 is 0 Å². The Morgan fingerprint density at radius 2 is 1.36 bits per heavy atom. The monoisotopic (exact) mass is 693 g/mol. The van der Waals surface area contributed by atoms with Crippen LogP contribution in [0.5, 0.6) is 0 Å². The van der Waals surface area contributed by atoms with Crippen LogP contribution in [-0.4, -0.2) is 43.8 Å². The van der Waals surface area contributed by atoms with E-state index in [2.05, 4.69) is 5.32 Å². The first-order valence-electron chi connectivity index (χ1n) is 15.7. The normalized spacial score (nSPS) is 12.7. The molecular formula is C37H41Cl2N3O4S. The lowest BCUT2D eigenvalue weighted by Gasteiger charge is -2.34.